The molecule has 94 valence electrons. The van der Waals surface area contributed by atoms with Crippen molar-refractivity contribution in [2.75, 3.05) is 5.75 Å². The van der Waals surface area contributed by atoms with E-state index >= 15 is 0 Å². The van der Waals surface area contributed by atoms with Crippen molar-refractivity contribution in [3.8, 4) is 0 Å². The fourth-order valence-electron chi connectivity index (χ4n) is 2.03. The number of thioether (sulfide) groups is 1. The lowest BCUT2D eigenvalue weighted by Gasteiger charge is -2.31. The van der Waals surface area contributed by atoms with Crippen LogP contribution < -0.4 is 11.1 Å². The van der Waals surface area contributed by atoms with E-state index in [1.165, 1.54) is 12.8 Å². The predicted molar refractivity (Wildman–Crippen MR) is 70.6 cm³/mol. The molecule has 0 aromatic rings. The molecule has 0 aliphatic heterocycles. The van der Waals surface area contributed by atoms with Crippen LogP contribution in [0.4, 0.5) is 0 Å². The predicted octanol–water partition coefficient (Wildman–Crippen LogP) is 1.90. The molecule has 3 N–H and O–H groups in total. The lowest BCUT2D eigenvalue weighted by molar-refractivity contribution is -0.126. The zero-order chi connectivity index (χ0) is 12.2. The summed E-state index contributed by atoms with van der Waals surface area (Å²) in [5, 5.41) is 3.78. The van der Waals surface area contributed by atoms with E-state index in [0.29, 0.717) is 11.3 Å². The van der Waals surface area contributed by atoms with Crippen molar-refractivity contribution in [3.63, 3.8) is 0 Å². The second kappa shape index (κ2) is 5.92. The van der Waals surface area contributed by atoms with Gasteiger partial charge >= 0.3 is 0 Å². The van der Waals surface area contributed by atoms with Crippen molar-refractivity contribution < 1.29 is 4.79 Å². The highest BCUT2D eigenvalue weighted by Crippen LogP contribution is 2.28. The first-order valence-electron chi connectivity index (χ1n) is 6.15. The number of hydrogen-bond donors (Lipinski definition) is 2. The van der Waals surface area contributed by atoms with Gasteiger partial charge in [-0.25, -0.2) is 0 Å². The Bertz CT molecular complexity index is 236. The molecule has 2 atom stereocenters. The van der Waals surface area contributed by atoms with Crippen molar-refractivity contribution in [1.82, 2.24) is 5.32 Å². The SMILES string of the molecule is CCSC1CCCC(NC(=O)C(C)(C)N)C1. The van der Waals surface area contributed by atoms with E-state index in [0.717, 1.165) is 18.6 Å². The van der Waals surface area contributed by atoms with Gasteiger partial charge in [-0.1, -0.05) is 13.3 Å². The number of rotatable bonds is 4. The molecule has 3 nitrogen and oxygen atoms in total. The Hall–Kier alpha value is -0.220. The van der Waals surface area contributed by atoms with Gasteiger partial charge in [0.25, 0.3) is 0 Å². The Labute approximate surface area is 103 Å². The summed E-state index contributed by atoms with van der Waals surface area (Å²) in [5.41, 5.74) is 5.01. The van der Waals surface area contributed by atoms with Crippen LogP contribution in [0.5, 0.6) is 0 Å². The van der Waals surface area contributed by atoms with Crippen LogP contribution in [0.2, 0.25) is 0 Å². The third-order valence-corrected chi connectivity index (χ3v) is 4.18. The average molecular weight is 244 g/mol. The van der Waals surface area contributed by atoms with Crippen LogP contribution in [0.15, 0.2) is 0 Å². The van der Waals surface area contributed by atoms with E-state index in [-0.39, 0.29) is 5.91 Å². The molecule has 0 spiro atoms. The molecule has 0 saturated heterocycles. The van der Waals surface area contributed by atoms with E-state index in [1.807, 2.05) is 11.8 Å². The smallest absolute Gasteiger partial charge is 0.239 e. The zero-order valence-electron chi connectivity index (χ0n) is 10.6. The molecular weight excluding hydrogens is 220 g/mol. The fourth-order valence-corrected chi connectivity index (χ4v) is 3.21. The van der Waals surface area contributed by atoms with E-state index in [9.17, 15) is 4.79 Å². The maximum atomic E-state index is 11.8. The van der Waals surface area contributed by atoms with Gasteiger partial charge in [0.15, 0.2) is 0 Å². The first kappa shape index (κ1) is 13.8. The van der Waals surface area contributed by atoms with Crippen molar-refractivity contribution in [1.29, 1.82) is 0 Å². The molecule has 0 aromatic heterocycles. The highest BCUT2D eigenvalue weighted by molar-refractivity contribution is 7.99. The van der Waals surface area contributed by atoms with Crippen LogP contribution in [0, 0.1) is 0 Å². The molecule has 1 amide bonds. The number of nitrogens with one attached hydrogen (secondary N) is 1. The Balaban J connectivity index is 2.40. The fraction of sp³-hybridized carbons (Fsp3) is 0.917. The molecule has 2 unspecified atom stereocenters. The van der Waals surface area contributed by atoms with Crippen LogP contribution in [0.1, 0.15) is 46.5 Å². The van der Waals surface area contributed by atoms with Crippen LogP contribution in [-0.2, 0) is 4.79 Å². The molecule has 1 fully saturated rings. The van der Waals surface area contributed by atoms with Crippen LogP contribution >= 0.6 is 11.8 Å². The number of hydrogen-bond acceptors (Lipinski definition) is 3. The Morgan fingerprint density at radius 2 is 2.19 bits per heavy atom. The van der Waals surface area contributed by atoms with Gasteiger partial charge in [-0.05, 0) is 38.9 Å². The summed E-state index contributed by atoms with van der Waals surface area (Å²) in [6, 6.07) is 0.327. The molecule has 0 heterocycles. The van der Waals surface area contributed by atoms with Crippen molar-refractivity contribution in [2.45, 2.75) is 63.3 Å². The quantitative estimate of drug-likeness (QED) is 0.794. The summed E-state index contributed by atoms with van der Waals surface area (Å²) in [7, 11) is 0. The normalized spacial score (nSPS) is 26.5. The monoisotopic (exact) mass is 244 g/mol. The molecular formula is C12H24N2OS. The second-order valence-electron chi connectivity index (χ2n) is 5.14. The largest absolute Gasteiger partial charge is 0.352 e. The van der Waals surface area contributed by atoms with Gasteiger partial charge < -0.3 is 11.1 Å². The first-order chi connectivity index (χ1) is 7.43. The van der Waals surface area contributed by atoms with Gasteiger partial charge in [0, 0.05) is 11.3 Å². The van der Waals surface area contributed by atoms with E-state index in [1.54, 1.807) is 13.8 Å². The molecule has 1 rings (SSSR count). The molecule has 1 aliphatic rings. The number of carbonyl (C=O) groups is 1. The summed E-state index contributed by atoms with van der Waals surface area (Å²) < 4.78 is 0. The minimum atomic E-state index is -0.759. The summed E-state index contributed by atoms with van der Waals surface area (Å²) in [6.07, 6.45) is 4.70. The average Bonchev–Trinajstić information content (AvgIpc) is 2.17. The Morgan fingerprint density at radius 1 is 1.50 bits per heavy atom. The van der Waals surface area contributed by atoms with Crippen molar-refractivity contribution in [2.24, 2.45) is 5.73 Å². The molecule has 0 aromatic carbocycles. The summed E-state index contributed by atoms with van der Waals surface area (Å²) >= 11 is 2.01. The molecule has 0 radical (unpaired) electrons. The maximum Gasteiger partial charge on any atom is 0.239 e. The van der Waals surface area contributed by atoms with Crippen LogP contribution in [-0.4, -0.2) is 28.5 Å². The van der Waals surface area contributed by atoms with Gasteiger partial charge in [0.2, 0.25) is 5.91 Å². The Morgan fingerprint density at radius 3 is 2.75 bits per heavy atom. The molecule has 0 bridgehead atoms. The Kier molecular flexibility index (Phi) is 5.12. The lowest BCUT2D eigenvalue weighted by Crippen LogP contribution is -2.53. The number of amides is 1. The van der Waals surface area contributed by atoms with Gasteiger partial charge in [0.05, 0.1) is 5.54 Å². The summed E-state index contributed by atoms with van der Waals surface area (Å²) in [6.45, 7) is 5.70. The molecule has 1 saturated carbocycles. The maximum absolute atomic E-state index is 11.8. The van der Waals surface area contributed by atoms with Crippen LogP contribution in [0.3, 0.4) is 0 Å². The number of nitrogens with two attached hydrogens (primary N) is 1. The van der Waals surface area contributed by atoms with Crippen molar-refractivity contribution in [3.05, 3.63) is 0 Å². The molecule has 4 heteroatoms. The highest BCUT2D eigenvalue weighted by Gasteiger charge is 2.28. The summed E-state index contributed by atoms with van der Waals surface area (Å²) in [5.74, 6) is 1.13. The second-order valence-corrected chi connectivity index (χ2v) is 6.71. The van der Waals surface area contributed by atoms with Crippen molar-refractivity contribution >= 4 is 17.7 Å². The third-order valence-electron chi connectivity index (χ3n) is 2.95. The third kappa shape index (κ3) is 4.34. The standard InChI is InChI=1S/C12H24N2OS/c1-4-16-10-7-5-6-9(8-10)14-11(15)12(2,3)13/h9-10H,4-8,13H2,1-3H3,(H,14,15). The highest BCUT2D eigenvalue weighted by atomic mass is 32.2. The van der Waals surface area contributed by atoms with Gasteiger partial charge in [0.1, 0.15) is 0 Å². The lowest BCUT2D eigenvalue weighted by atomic mass is 9.94. The molecule has 1 aliphatic carbocycles. The van der Waals surface area contributed by atoms with Gasteiger partial charge in [-0.3, -0.25) is 4.79 Å². The van der Waals surface area contributed by atoms with Gasteiger partial charge in [-0.2, -0.15) is 11.8 Å². The van der Waals surface area contributed by atoms with Gasteiger partial charge in [-0.15, -0.1) is 0 Å². The topological polar surface area (TPSA) is 55.1 Å². The molecule has 16 heavy (non-hydrogen) atoms. The van der Waals surface area contributed by atoms with E-state index in [4.69, 9.17) is 5.73 Å². The van der Waals surface area contributed by atoms with E-state index < -0.39 is 5.54 Å². The van der Waals surface area contributed by atoms with E-state index in [2.05, 4.69) is 12.2 Å². The zero-order valence-corrected chi connectivity index (χ0v) is 11.4. The summed E-state index contributed by atoms with van der Waals surface area (Å²) in [4.78, 5) is 11.8. The first-order valence-corrected chi connectivity index (χ1v) is 7.19. The van der Waals surface area contributed by atoms with Crippen LogP contribution in [0.25, 0.3) is 0 Å². The number of carbonyl (C=O) groups excluding carboxylic acids is 1. The minimum absolute atomic E-state index is 0.0281. The minimum Gasteiger partial charge on any atom is -0.352 e.